The van der Waals surface area contributed by atoms with E-state index in [1.165, 1.54) is 12.7 Å². The van der Waals surface area contributed by atoms with Crippen molar-refractivity contribution in [3.05, 3.63) is 24.4 Å². The van der Waals surface area contributed by atoms with Gasteiger partial charge < -0.3 is 0 Å². The van der Waals surface area contributed by atoms with Crippen molar-refractivity contribution in [2.75, 3.05) is 5.43 Å². The second kappa shape index (κ2) is 3.97. The highest BCUT2D eigenvalue weighted by Crippen LogP contribution is 2.28. The zero-order chi connectivity index (χ0) is 12.5. The number of hydrogen-bond donors (Lipinski definition) is 2. The summed E-state index contributed by atoms with van der Waals surface area (Å²) in [6.07, 6.45) is -2.21. The minimum Gasteiger partial charge on any atom is -0.292 e. The second-order valence-electron chi connectivity index (χ2n) is 2.92. The van der Waals surface area contributed by atoms with Crippen LogP contribution >= 0.6 is 0 Å². The first-order valence-electron chi connectivity index (χ1n) is 4.28. The number of alkyl halides is 3. The fourth-order valence-electron chi connectivity index (χ4n) is 1.09. The van der Waals surface area contributed by atoms with Gasteiger partial charge in [0.25, 0.3) is 0 Å². The first-order chi connectivity index (χ1) is 8.00. The summed E-state index contributed by atoms with van der Waals surface area (Å²) in [5.74, 6) is 4.56. The maximum absolute atomic E-state index is 12.5. The molecule has 0 aromatic carbocycles. The van der Waals surface area contributed by atoms with Crippen LogP contribution < -0.4 is 11.3 Å². The summed E-state index contributed by atoms with van der Waals surface area (Å²) in [5.41, 5.74) is 0.839. The van der Waals surface area contributed by atoms with Crippen molar-refractivity contribution in [3.8, 4) is 5.82 Å². The molecule has 0 saturated heterocycles. The number of nitrogens with two attached hydrogens (primary N) is 1. The summed E-state index contributed by atoms with van der Waals surface area (Å²) in [6, 6.07) is 0.746. The number of nitrogens with one attached hydrogen (secondary N) is 1. The molecule has 2 heterocycles. The van der Waals surface area contributed by atoms with Crippen LogP contribution in [-0.2, 0) is 6.18 Å². The van der Waals surface area contributed by atoms with E-state index in [-0.39, 0.29) is 11.8 Å². The van der Waals surface area contributed by atoms with Crippen LogP contribution in [0.3, 0.4) is 0 Å². The molecule has 0 aliphatic rings. The van der Waals surface area contributed by atoms with Crippen LogP contribution in [0.1, 0.15) is 5.69 Å². The van der Waals surface area contributed by atoms with E-state index in [2.05, 4.69) is 20.1 Å². The molecule has 17 heavy (non-hydrogen) atoms. The molecule has 2 aromatic rings. The average molecular weight is 245 g/mol. The molecule has 0 fully saturated rings. The molecule has 0 amide bonds. The van der Waals surface area contributed by atoms with Gasteiger partial charge in [0, 0.05) is 6.07 Å². The van der Waals surface area contributed by atoms with Crippen molar-refractivity contribution in [2.24, 2.45) is 5.84 Å². The number of aromatic nitrogens is 5. The van der Waals surface area contributed by atoms with Gasteiger partial charge >= 0.3 is 6.18 Å². The molecule has 0 unspecified atom stereocenters. The van der Waals surface area contributed by atoms with Crippen molar-refractivity contribution < 1.29 is 13.2 Å². The Morgan fingerprint density at radius 2 is 2.06 bits per heavy atom. The summed E-state index contributed by atoms with van der Waals surface area (Å²) >= 11 is 0. The second-order valence-corrected chi connectivity index (χ2v) is 2.92. The third kappa shape index (κ3) is 2.30. The highest BCUT2D eigenvalue weighted by Gasteiger charge is 2.34. The molecule has 90 valence electrons. The van der Waals surface area contributed by atoms with E-state index < -0.39 is 11.9 Å². The standard InChI is InChI=1S/C7H6F3N7/c8-7(9,10)4-1-5(15-6(14-4)16-11)17-3-12-2-13-17/h1-3H,11H2,(H,14,15,16). The van der Waals surface area contributed by atoms with Crippen molar-refractivity contribution in [1.82, 2.24) is 24.7 Å². The Morgan fingerprint density at radius 1 is 1.29 bits per heavy atom. The highest BCUT2D eigenvalue weighted by atomic mass is 19.4. The van der Waals surface area contributed by atoms with Gasteiger partial charge in [-0.3, -0.25) is 5.43 Å². The summed E-state index contributed by atoms with van der Waals surface area (Å²) in [5, 5.41) is 3.66. The van der Waals surface area contributed by atoms with E-state index in [0.717, 1.165) is 10.7 Å². The maximum atomic E-state index is 12.5. The van der Waals surface area contributed by atoms with E-state index in [4.69, 9.17) is 5.84 Å². The Morgan fingerprint density at radius 3 is 2.59 bits per heavy atom. The molecule has 0 aliphatic heterocycles. The number of anilines is 1. The lowest BCUT2D eigenvalue weighted by molar-refractivity contribution is -0.141. The van der Waals surface area contributed by atoms with E-state index in [9.17, 15) is 13.2 Å². The molecule has 0 aliphatic carbocycles. The summed E-state index contributed by atoms with van der Waals surface area (Å²) in [6.45, 7) is 0. The maximum Gasteiger partial charge on any atom is 0.433 e. The number of nitrogens with zero attached hydrogens (tertiary/aromatic N) is 5. The number of halogens is 3. The van der Waals surface area contributed by atoms with Gasteiger partial charge in [-0.25, -0.2) is 20.5 Å². The van der Waals surface area contributed by atoms with E-state index in [1.54, 1.807) is 0 Å². The SMILES string of the molecule is NNc1nc(-n2cncn2)cc(C(F)(F)F)n1. The first-order valence-corrected chi connectivity index (χ1v) is 4.28. The Hall–Kier alpha value is -2.23. The quantitative estimate of drug-likeness (QED) is 0.586. The van der Waals surface area contributed by atoms with Gasteiger partial charge in [0.15, 0.2) is 11.5 Å². The highest BCUT2D eigenvalue weighted by molar-refractivity contribution is 5.34. The zero-order valence-corrected chi connectivity index (χ0v) is 8.18. The van der Waals surface area contributed by atoms with E-state index >= 15 is 0 Å². The summed E-state index contributed by atoms with van der Waals surface area (Å²) in [4.78, 5) is 10.5. The van der Waals surface area contributed by atoms with Crippen LogP contribution in [0.5, 0.6) is 0 Å². The monoisotopic (exact) mass is 245 g/mol. The van der Waals surface area contributed by atoms with Gasteiger partial charge in [-0.15, -0.1) is 0 Å². The van der Waals surface area contributed by atoms with E-state index in [1.807, 2.05) is 5.43 Å². The van der Waals surface area contributed by atoms with Gasteiger partial charge in [0.2, 0.25) is 5.95 Å². The predicted octanol–water partition coefficient (Wildman–Crippen LogP) is 0.362. The minimum absolute atomic E-state index is 0.0854. The van der Waals surface area contributed by atoms with Gasteiger partial charge in [-0.2, -0.15) is 23.3 Å². The van der Waals surface area contributed by atoms with Crippen LogP contribution in [0, 0.1) is 0 Å². The number of hydrazine groups is 1. The smallest absolute Gasteiger partial charge is 0.292 e. The lowest BCUT2D eigenvalue weighted by atomic mass is 10.4. The van der Waals surface area contributed by atoms with Gasteiger partial charge in [0.1, 0.15) is 12.7 Å². The molecule has 10 heteroatoms. The van der Waals surface area contributed by atoms with Crippen molar-refractivity contribution in [2.45, 2.75) is 6.18 Å². The third-order valence-electron chi connectivity index (χ3n) is 1.79. The Bertz CT molecular complexity index is 507. The molecular formula is C7H6F3N7. The number of nitrogen functional groups attached to an aromatic ring is 1. The van der Waals surface area contributed by atoms with Crippen LogP contribution in [0.15, 0.2) is 18.7 Å². The average Bonchev–Trinajstić information content (AvgIpc) is 2.80. The normalized spacial score (nSPS) is 11.5. The lowest BCUT2D eigenvalue weighted by Crippen LogP contribution is -2.17. The van der Waals surface area contributed by atoms with Crippen LogP contribution in [0.4, 0.5) is 19.1 Å². The summed E-state index contributed by atoms with van der Waals surface area (Å²) < 4.78 is 38.6. The van der Waals surface area contributed by atoms with Crippen molar-refractivity contribution >= 4 is 5.95 Å². The lowest BCUT2D eigenvalue weighted by Gasteiger charge is -2.09. The van der Waals surface area contributed by atoms with Crippen molar-refractivity contribution in [3.63, 3.8) is 0 Å². The molecule has 0 spiro atoms. The molecule has 3 N–H and O–H groups in total. The molecule has 0 saturated carbocycles. The fourth-order valence-corrected chi connectivity index (χ4v) is 1.09. The van der Waals surface area contributed by atoms with Crippen LogP contribution in [0.2, 0.25) is 0 Å². The summed E-state index contributed by atoms with van der Waals surface area (Å²) in [7, 11) is 0. The predicted molar refractivity (Wildman–Crippen MR) is 49.8 cm³/mol. The third-order valence-corrected chi connectivity index (χ3v) is 1.79. The minimum atomic E-state index is -4.59. The Labute approximate surface area is 92.5 Å². The molecule has 0 atom stereocenters. The van der Waals surface area contributed by atoms with Crippen molar-refractivity contribution in [1.29, 1.82) is 0 Å². The van der Waals surface area contributed by atoms with E-state index in [0.29, 0.717) is 0 Å². The van der Waals surface area contributed by atoms with Gasteiger partial charge in [-0.05, 0) is 0 Å². The van der Waals surface area contributed by atoms with Crippen LogP contribution in [0.25, 0.3) is 5.82 Å². The molecule has 7 nitrogen and oxygen atoms in total. The Kier molecular flexibility index (Phi) is 2.63. The number of hydrogen-bond acceptors (Lipinski definition) is 6. The molecular weight excluding hydrogens is 239 g/mol. The number of rotatable bonds is 2. The zero-order valence-electron chi connectivity index (χ0n) is 8.18. The first kappa shape index (κ1) is 11.3. The fraction of sp³-hybridized carbons (Fsp3) is 0.143. The topological polar surface area (TPSA) is 94.5 Å². The van der Waals surface area contributed by atoms with Gasteiger partial charge in [0.05, 0.1) is 0 Å². The molecule has 0 bridgehead atoms. The Balaban J connectivity index is 2.54. The largest absolute Gasteiger partial charge is 0.433 e. The van der Waals surface area contributed by atoms with Gasteiger partial charge in [-0.1, -0.05) is 0 Å². The molecule has 2 aromatic heterocycles. The molecule has 2 rings (SSSR count). The van der Waals surface area contributed by atoms with Crippen LogP contribution in [-0.4, -0.2) is 24.7 Å². The molecule has 0 radical (unpaired) electrons.